The highest BCUT2D eigenvalue weighted by molar-refractivity contribution is 7.12. The van der Waals surface area contributed by atoms with Crippen molar-refractivity contribution in [2.45, 2.75) is 19.2 Å². The Bertz CT molecular complexity index is 858. The van der Waals surface area contributed by atoms with Crippen molar-refractivity contribution < 1.29 is 22.7 Å². The first-order chi connectivity index (χ1) is 12.8. The third kappa shape index (κ3) is 3.93. The lowest BCUT2D eigenvalue weighted by atomic mass is 10.1. The summed E-state index contributed by atoms with van der Waals surface area (Å²) < 4.78 is 41.9. The number of carbonyl (C=O) groups excluding carboxylic acids is 1. The lowest BCUT2D eigenvalue weighted by Crippen LogP contribution is -2.18. The Morgan fingerprint density at radius 3 is 2.67 bits per heavy atom. The molecule has 2 aliphatic rings. The third-order valence-corrected chi connectivity index (χ3v) is 6.28. The standard InChI is InChI=1S/C18H18F3N3O2S/c19-18(20,21)26-13-4-2-1-3-9(13)5-15-24-16(17(22)25)14(27-15)6-10-11-7-23-8-12(10)11/h1-4,10-12,23H,5-8H2,(H2,22,25). The SMILES string of the molecule is NC(=O)c1nc(Cc2ccccc2OC(F)(F)F)sc1CC1C2CNCC21. The number of ether oxygens (including phenoxy) is 1. The summed E-state index contributed by atoms with van der Waals surface area (Å²) in [7, 11) is 0. The van der Waals surface area contributed by atoms with Crippen LogP contribution in [0.1, 0.15) is 25.9 Å². The number of nitrogens with zero attached hydrogens (tertiary/aromatic N) is 1. The molecule has 1 saturated carbocycles. The van der Waals surface area contributed by atoms with Gasteiger partial charge in [-0.1, -0.05) is 18.2 Å². The van der Waals surface area contributed by atoms with Crippen molar-refractivity contribution >= 4 is 17.2 Å². The van der Waals surface area contributed by atoms with E-state index in [1.807, 2.05) is 0 Å². The van der Waals surface area contributed by atoms with Gasteiger partial charge in [0, 0.05) is 16.9 Å². The molecule has 2 unspecified atom stereocenters. The molecule has 1 saturated heterocycles. The highest BCUT2D eigenvalue weighted by atomic mass is 32.1. The van der Waals surface area contributed by atoms with Gasteiger partial charge in [0.05, 0.1) is 5.01 Å². The van der Waals surface area contributed by atoms with Gasteiger partial charge in [-0.25, -0.2) is 4.98 Å². The van der Waals surface area contributed by atoms with E-state index in [2.05, 4.69) is 15.0 Å². The molecule has 1 aliphatic carbocycles. The average Bonchev–Trinajstić information content (AvgIpc) is 2.95. The van der Waals surface area contributed by atoms with Crippen LogP contribution in [0, 0.1) is 17.8 Å². The Morgan fingerprint density at radius 1 is 1.30 bits per heavy atom. The van der Waals surface area contributed by atoms with Crippen LogP contribution in [-0.4, -0.2) is 30.3 Å². The number of nitrogens with two attached hydrogens (primary N) is 1. The van der Waals surface area contributed by atoms with Gasteiger partial charge in [-0.2, -0.15) is 0 Å². The van der Waals surface area contributed by atoms with E-state index in [0.717, 1.165) is 24.4 Å². The summed E-state index contributed by atoms with van der Waals surface area (Å²) >= 11 is 1.35. The van der Waals surface area contributed by atoms with Crippen LogP contribution in [-0.2, 0) is 12.8 Å². The lowest BCUT2D eigenvalue weighted by Gasteiger charge is -2.12. The number of para-hydroxylation sites is 1. The smallest absolute Gasteiger partial charge is 0.405 e. The average molecular weight is 397 g/mol. The van der Waals surface area contributed by atoms with Gasteiger partial charge in [-0.15, -0.1) is 24.5 Å². The van der Waals surface area contributed by atoms with Crippen molar-refractivity contribution in [1.29, 1.82) is 0 Å². The molecule has 144 valence electrons. The molecule has 5 nitrogen and oxygen atoms in total. The van der Waals surface area contributed by atoms with Crippen molar-refractivity contribution in [3.05, 3.63) is 45.4 Å². The van der Waals surface area contributed by atoms with Gasteiger partial charge < -0.3 is 15.8 Å². The fourth-order valence-corrected chi connectivity index (χ4v) is 5.08. The minimum absolute atomic E-state index is 0.149. The highest BCUT2D eigenvalue weighted by Gasteiger charge is 2.52. The Labute approximate surface area is 157 Å². The molecule has 0 spiro atoms. The number of alkyl halides is 3. The fourth-order valence-electron chi connectivity index (χ4n) is 3.91. The summed E-state index contributed by atoms with van der Waals surface area (Å²) in [4.78, 5) is 16.9. The quantitative estimate of drug-likeness (QED) is 0.786. The van der Waals surface area contributed by atoms with Crippen LogP contribution in [0.25, 0.3) is 0 Å². The lowest BCUT2D eigenvalue weighted by molar-refractivity contribution is -0.274. The van der Waals surface area contributed by atoms with Crippen LogP contribution < -0.4 is 15.8 Å². The minimum Gasteiger partial charge on any atom is -0.405 e. The van der Waals surface area contributed by atoms with Gasteiger partial charge in [-0.3, -0.25) is 4.79 Å². The van der Waals surface area contributed by atoms with Crippen molar-refractivity contribution in [2.75, 3.05) is 13.1 Å². The minimum atomic E-state index is -4.76. The zero-order valence-electron chi connectivity index (χ0n) is 14.3. The Balaban J connectivity index is 1.54. The van der Waals surface area contributed by atoms with E-state index in [1.165, 1.54) is 23.5 Å². The van der Waals surface area contributed by atoms with Gasteiger partial charge in [-0.05, 0) is 43.3 Å². The Kier molecular flexibility index (Phi) is 4.59. The van der Waals surface area contributed by atoms with Crippen molar-refractivity contribution in [2.24, 2.45) is 23.5 Å². The van der Waals surface area contributed by atoms with Crippen molar-refractivity contribution in [3.63, 3.8) is 0 Å². The monoisotopic (exact) mass is 397 g/mol. The number of halogens is 3. The van der Waals surface area contributed by atoms with Crippen molar-refractivity contribution in [1.82, 2.24) is 10.3 Å². The van der Waals surface area contributed by atoms with Crippen LogP contribution in [0.2, 0.25) is 0 Å². The molecule has 1 amide bonds. The van der Waals surface area contributed by atoms with Gasteiger partial charge in [0.2, 0.25) is 0 Å². The topological polar surface area (TPSA) is 77.2 Å². The van der Waals surface area contributed by atoms with Gasteiger partial charge in [0.1, 0.15) is 11.4 Å². The molecule has 1 aliphatic heterocycles. The van der Waals surface area contributed by atoms with Gasteiger partial charge in [0.25, 0.3) is 5.91 Å². The molecular weight excluding hydrogens is 379 g/mol. The molecular formula is C18H18F3N3O2S. The molecule has 2 atom stereocenters. The third-order valence-electron chi connectivity index (χ3n) is 5.21. The summed E-state index contributed by atoms with van der Waals surface area (Å²) in [6, 6.07) is 5.95. The molecule has 9 heteroatoms. The van der Waals surface area contributed by atoms with Gasteiger partial charge in [0.15, 0.2) is 0 Å². The van der Waals surface area contributed by atoms with E-state index in [9.17, 15) is 18.0 Å². The second-order valence-corrected chi connectivity index (χ2v) is 8.10. The van der Waals surface area contributed by atoms with E-state index >= 15 is 0 Å². The normalized spacial score (nSPS) is 23.9. The van der Waals surface area contributed by atoms with E-state index in [-0.39, 0.29) is 17.9 Å². The molecule has 2 fully saturated rings. The van der Waals surface area contributed by atoms with Crippen LogP contribution in [0.15, 0.2) is 24.3 Å². The van der Waals surface area contributed by atoms with E-state index < -0.39 is 12.3 Å². The Hall–Kier alpha value is -2.13. The number of fused-ring (bicyclic) bond motifs is 1. The molecule has 27 heavy (non-hydrogen) atoms. The van der Waals surface area contributed by atoms with E-state index in [1.54, 1.807) is 12.1 Å². The summed E-state index contributed by atoms with van der Waals surface area (Å²) in [6.07, 6.45) is -3.87. The first-order valence-corrected chi connectivity index (χ1v) is 9.46. The zero-order chi connectivity index (χ0) is 19.2. The molecule has 1 aromatic heterocycles. The van der Waals surface area contributed by atoms with E-state index in [4.69, 9.17) is 5.73 Å². The maximum absolute atomic E-state index is 12.6. The number of piperidine rings is 1. The van der Waals surface area contributed by atoms with E-state index in [0.29, 0.717) is 28.3 Å². The van der Waals surface area contributed by atoms with Crippen LogP contribution in [0.3, 0.4) is 0 Å². The largest absolute Gasteiger partial charge is 0.573 e. The zero-order valence-corrected chi connectivity index (χ0v) is 15.1. The number of benzene rings is 1. The number of amides is 1. The fraction of sp³-hybridized carbons (Fsp3) is 0.444. The maximum Gasteiger partial charge on any atom is 0.573 e. The highest BCUT2D eigenvalue weighted by Crippen LogP contribution is 2.51. The predicted molar refractivity (Wildman–Crippen MR) is 93.6 cm³/mol. The number of primary amides is 1. The van der Waals surface area contributed by atoms with Gasteiger partial charge >= 0.3 is 6.36 Å². The predicted octanol–water partition coefficient (Wildman–Crippen LogP) is 2.74. The number of thiazole rings is 1. The first kappa shape index (κ1) is 18.2. The molecule has 0 radical (unpaired) electrons. The summed E-state index contributed by atoms with van der Waals surface area (Å²) in [5.74, 6) is 0.939. The second-order valence-electron chi connectivity index (χ2n) is 6.93. The molecule has 2 heterocycles. The van der Waals surface area contributed by atoms with Crippen LogP contribution >= 0.6 is 11.3 Å². The molecule has 2 aromatic rings. The number of hydrogen-bond acceptors (Lipinski definition) is 5. The number of rotatable bonds is 6. The van der Waals surface area contributed by atoms with Crippen molar-refractivity contribution in [3.8, 4) is 5.75 Å². The number of carbonyl (C=O) groups is 1. The second kappa shape index (κ2) is 6.79. The number of nitrogens with one attached hydrogen (secondary N) is 1. The van der Waals surface area contributed by atoms with Crippen LogP contribution in [0.5, 0.6) is 5.75 Å². The molecule has 1 aromatic carbocycles. The summed E-state index contributed by atoms with van der Waals surface area (Å²) in [5.41, 5.74) is 6.06. The number of aromatic nitrogens is 1. The number of hydrogen-bond donors (Lipinski definition) is 2. The summed E-state index contributed by atoms with van der Waals surface area (Å²) in [6.45, 7) is 1.99. The molecule has 3 N–H and O–H groups in total. The van der Waals surface area contributed by atoms with Crippen LogP contribution in [0.4, 0.5) is 13.2 Å². The molecule has 0 bridgehead atoms. The maximum atomic E-state index is 12.6. The first-order valence-electron chi connectivity index (χ1n) is 8.64. The molecule has 4 rings (SSSR count). The Morgan fingerprint density at radius 2 is 2.00 bits per heavy atom. The summed E-state index contributed by atoms with van der Waals surface area (Å²) in [5, 5.41) is 3.88.